The van der Waals surface area contributed by atoms with Gasteiger partial charge in [-0.3, -0.25) is 0 Å². The van der Waals surface area contributed by atoms with Crippen molar-refractivity contribution in [2.45, 2.75) is 72.1 Å². The average Bonchev–Trinajstić information content (AvgIpc) is 3.34. The zero-order chi connectivity index (χ0) is 45.2. The Hall–Kier alpha value is -7.16. The number of hydrogen-bond acceptors (Lipinski definition) is 2. The molecule has 2 aliphatic rings. The van der Waals surface area contributed by atoms with Crippen molar-refractivity contribution in [2.75, 3.05) is 9.80 Å². The summed E-state index contributed by atoms with van der Waals surface area (Å²) in [5.41, 5.74) is 20.1. The molecule has 0 spiro atoms. The van der Waals surface area contributed by atoms with Crippen molar-refractivity contribution in [3.63, 3.8) is 0 Å². The van der Waals surface area contributed by atoms with Crippen LogP contribution in [0, 0.1) is 19.8 Å². The number of anilines is 5. The smallest absolute Gasteiger partial charge is 0.0463 e. The fourth-order valence-electron chi connectivity index (χ4n) is 9.72. The third kappa shape index (κ3) is 10.8. The van der Waals surface area contributed by atoms with Crippen molar-refractivity contribution in [1.82, 2.24) is 0 Å². The molecule has 328 valence electrons. The summed E-state index contributed by atoms with van der Waals surface area (Å²) in [6, 6.07) is 67.3. The van der Waals surface area contributed by atoms with Gasteiger partial charge >= 0.3 is 0 Å². The highest BCUT2D eigenvalue weighted by Gasteiger charge is 2.20. The lowest BCUT2D eigenvalue weighted by Gasteiger charge is -2.30. The van der Waals surface area contributed by atoms with Crippen LogP contribution in [0.3, 0.4) is 0 Å². The number of benzene rings is 7. The maximum absolute atomic E-state index is 2.41. The van der Waals surface area contributed by atoms with Crippen LogP contribution in [0.2, 0.25) is 0 Å². The van der Waals surface area contributed by atoms with Crippen molar-refractivity contribution in [1.29, 1.82) is 0 Å². The van der Waals surface area contributed by atoms with Crippen molar-refractivity contribution in [3.8, 4) is 0 Å². The van der Waals surface area contributed by atoms with Gasteiger partial charge in [-0.25, -0.2) is 0 Å². The van der Waals surface area contributed by atoms with Gasteiger partial charge in [0.1, 0.15) is 0 Å². The number of para-hydroxylation sites is 1. The summed E-state index contributed by atoms with van der Waals surface area (Å²) in [5, 5.41) is 0. The second-order valence-corrected chi connectivity index (χ2v) is 18.5. The van der Waals surface area contributed by atoms with Gasteiger partial charge in [-0.1, -0.05) is 169 Å². The van der Waals surface area contributed by atoms with E-state index in [0.29, 0.717) is 11.8 Å². The Balaban J connectivity index is 1.07. The lowest BCUT2D eigenvalue weighted by molar-refractivity contribution is 0.621. The molecular weight excluding hydrogens is 797 g/mol. The molecule has 7 aromatic carbocycles. The van der Waals surface area contributed by atoms with Gasteiger partial charge in [-0.15, -0.1) is 0 Å². The quantitative estimate of drug-likeness (QED) is 0.0948. The van der Waals surface area contributed by atoms with Gasteiger partial charge in [-0.2, -0.15) is 0 Å². The molecule has 2 nitrogen and oxygen atoms in total. The van der Waals surface area contributed by atoms with E-state index in [9.17, 15) is 0 Å². The van der Waals surface area contributed by atoms with E-state index in [2.05, 4.69) is 256 Å². The molecule has 0 radical (unpaired) electrons. The Kier molecular flexibility index (Phi) is 13.9. The molecule has 0 fully saturated rings. The van der Waals surface area contributed by atoms with Gasteiger partial charge in [0.15, 0.2) is 0 Å². The lowest BCUT2D eigenvalue weighted by atomic mass is 9.86. The molecule has 2 atom stereocenters. The van der Waals surface area contributed by atoms with Gasteiger partial charge in [0, 0.05) is 34.1 Å². The second kappa shape index (κ2) is 20.8. The second-order valence-electron chi connectivity index (χ2n) is 18.5. The van der Waals surface area contributed by atoms with Crippen LogP contribution in [0.15, 0.2) is 229 Å². The van der Waals surface area contributed by atoms with E-state index in [1.54, 1.807) is 0 Å². The Morgan fingerprint density at radius 3 is 1.86 bits per heavy atom. The zero-order valence-corrected chi connectivity index (χ0v) is 39.1. The van der Waals surface area contributed by atoms with Crippen molar-refractivity contribution in [2.24, 2.45) is 5.92 Å². The Morgan fingerprint density at radius 2 is 1.21 bits per heavy atom. The molecule has 0 aliphatic heterocycles. The summed E-state index contributed by atoms with van der Waals surface area (Å²) >= 11 is 0. The highest BCUT2D eigenvalue weighted by atomic mass is 15.2. The third-order valence-electron chi connectivity index (χ3n) is 13.2. The van der Waals surface area contributed by atoms with E-state index >= 15 is 0 Å². The molecule has 2 heteroatoms. The fourth-order valence-corrected chi connectivity index (χ4v) is 9.72. The molecule has 0 saturated heterocycles. The van der Waals surface area contributed by atoms with E-state index in [4.69, 9.17) is 0 Å². The minimum Gasteiger partial charge on any atom is -0.311 e. The van der Waals surface area contributed by atoms with Crippen molar-refractivity contribution < 1.29 is 0 Å². The summed E-state index contributed by atoms with van der Waals surface area (Å²) in [4.78, 5) is 4.80. The fraction of sp³-hybridized carbons (Fsp3) is 0.188. The minimum atomic E-state index is 0.416. The van der Waals surface area contributed by atoms with Crippen LogP contribution in [0.25, 0.3) is 11.6 Å². The number of rotatable bonds is 15. The van der Waals surface area contributed by atoms with E-state index in [-0.39, 0.29) is 0 Å². The molecule has 9 rings (SSSR count). The molecule has 2 aliphatic carbocycles. The van der Waals surface area contributed by atoms with Crippen LogP contribution in [-0.4, -0.2) is 0 Å². The SMILES string of the molecule is CC1=CC(N(c2ccccc2)c2ccc(N(c3ccc(CC(CCc4cccc(C)c4)c4ccccc4)cc3)c3ccc(/C(=C/c4cccc(C)c4)C4=CC=CC(C)C4)cc3)cc2)=CCC1. The van der Waals surface area contributed by atoms with Gasteiger partial charge < -0.3 is 9.80 Å². The van der Waals surface area contributed by atoms with E-state index in [1.165, 1.54) is 61.4 Å². The van der Waals surface area contributed by atoms with Crippen LogP contribution in [-0.2, 0) is 12.8 Å². The maximum atomic E-state index is 2.41. The maximum Gasteiger partial charge on any atom is 0.0463 e. The Bertz CT molecular complexity index is 2880. The lowest BCUT2D eigenvalue weighted by Crippen LogP contribution is -2.17. The molecule has 0 amide bonds. The summed E-state index contributed by atoms with van der Waals surface area (Å²) in [6.07, 6.45) is 20.2. The van der Waals surface area contributed by atoms with E-state index in [0.717, 1.165) is 67.0 Å². The molecule has 7 aromatic rings. The van der Waals surface area contributed by atoms with Gasteiger partial charge in [0.25, 0.3) is 0 Å². The first-order valence-corrected chi connectivity index (χ1v) is 23.9. The first-order chi connectivity index (χ1) is 32.3. The molecule has 0 saturated carbocycles. The number of nitrogens with zero attached hydrogens (tertiary/aromatic N) is 2. The minimum absolute atomic E-state index is 0.416. The van der Waals surface area contributed by atoms with Crippen LogP contribution in [0.4, 0.5) is 28.4 Å². The first kappa shape index (κ1) is 44.1. The number of allylic oxidation sites excluding steroid dienone is 8. The van der Waals surface area contributed by atoms with Crippen LogP contribution < -0.4 is 9.80 Å². The molecular formula is C64H62N2. The van der Waals surface area contributed by atoms with Crippen molar-refractivity contribution in [3.05, 3.63) is 268 Å². The predicted molar refractivity (Wildman–Crippen MR) is 283 cm³/mol. The summed E-state index contributed by atoms with van der Waals surface area (Å²) in [6.45, 7) is 8.91. The largest absolute Gasteiger partial charge is 0.311 e. The molecule has 0 N–H and O–H groups in total. The Morgan fingerprint density at radius 1 is 0.606 bits per heavy atom. The zero-order valence-electron chi connectivity index (χ0n) is 39.1. The summed E-state index contributed by atoms with van der Waals surface area (Å²) in [7, 11) is 0. The van der Waals surface area contributed by atoms with Crippen molar-refractivity contribution >= 4 is 40.1 Å². The van der Waals surface area contributed by atoms with Gasteiger partial charge in [0.05, 0.1) is 0 Å². The van der Waals surface area contributed by atoms with Crippen LogP contribution in [0.5, 0.6) is 0 Å². The standard InChI is InChI=1S/C64H62N2/c1-47-15-11-19-51(41-47)27-30-56(54-21-7-5-8-22-54)45-52-28-33-59(34-29-52)65(61-37-39-62(40-38-61)66(58-24-9-6-10-25-58)63-26-14-18-50(4)44-63)60-35-31-55(32-36-60)64(57-23-13-17-49(3)43-57)46-53-20-12-16-48(2)42-53/h5-13,15-17,19-26,28-29,31-42,44,46,49,56H,14,18,27,30,43,45H2,1-4H3/b64-46-. The molecule has 0 aromatic heterocycles. The predicted octanol–water partition coefficient (Wildman–Crippen LogP) is 17.6. The molecule has 2 unspecified atom stereocenters. The normalized spacial score (nSPS) is 15.4. The van der Waals surface area contributed by atoms with E-state index in [1.807, 2.05) is 0 Å². The van der Waals surface area contributed by atoms with Crippen LogP contribution in [0.1, 0.15) is 84.4 Å². The average molecular weight is 859 g/mol. The molecule has 0 heterocycles. The highest BCUT2D eigenvalue weighted by molar-refractivity contribution is 5.92. The van der Waals surface area contributed by atoms with Gasteiger partial charge in [0.2, 0.25) is 0 Å². The van der Waals surface area contributed by atoms with E-state index < -0.39 is 0 Å². The highest BCUT2D eigenvalue weighted by Crippen LogP contribution is 2.41. The topological polar surface area (TPSA) is 6.48 Å². The van der Waals surface area contributed by atoms with Crippen LogP contribution >= 0.6 is 0 Å². The number of hydrogen-bond donors (Lipinski definition) is 0. The molecule has 0 bridgehead atoms. The Labute approximate surface area is 394 Å². The summed E-state index contributed by atoms with van der Waals surface area (Å²) in [5.74, 6) is 0.911. The number of aryl methyl sites for hydroxylation is 3. The summed E-state index contributed by atoms with van der Waals surface area (Å²) < 4.78 is 0. The monoisotopic (exact) mass is 858 g/mol. The van der Waals surface area contributed by atoms with Gasteiger partial charge in [-0.05, 0) is 183 Å². The first-order valence-electron chi connectivity index (χ1n) is 23.9. The molecule has 66 heavy (non-hydrogen) atoms. The third-order valence-corrected chi connectivity index (χ3v) is 13.2.